The Morgan fingerprint density at radius 2 is 1.33 bits per heavy atom. The number of halogens is 2. The molecule has 0 atom stereocenters. The van der Waals surface area contributed by atoms with Gasteiger partial charge in [0.05, 0.1) is 0 Å². The van der Waals surface area contributed by atoms with Gasteiger partial charge in [-0.1, -0.05) is 43.3 Å². The molecule has 0 saturated heterocycles. The summed E-state index contributed by atoms with van der Waals surface area (Å²) in [5, 5.41) is 3.39. The van der Waals surface area contributed by atoms with E-state index in [-0.39, 0.29) is 17.7 Å². The van der Waals surface area contributed by atoms with E-state index in [4.69, 9.17) is 0 Å². The molecule has 0 fully saturated rings. The second-order valence-electron chi connectivity index (χ2n) is 5.24. The van der Waals surface area contributed by atoms with Crippen LogP contribution in [0.4, 0.5) is 8.78 Å². The topological polar surface area (TPSA) is 12.0 Å². The van der Waals surface area contributed by atoms with Crippen LogP contribution in [0, 0.1) is 11.6 Å². The first-order valence-corrected chi connectivity index (χ1v) is 7.41. The van der Waals surface area contributed by atoms with Gasteiger partial charge in [-0.05, 0) is 49.1 Å². The molecule has 0 radical (unpaired) electrons. The normalized spacial score (nSPS) is 11.0. The molecule has 112 valence electrons. The SMILES string of the molecule is CCCNC(Cc1ccccc1F)Cc1ccccc1F. The number of hydrogen-bond donors (Lipinski definition) is 1. The van der Waals surface area contributed by atoms with Gasteiger partial charge in [-0.2, -0.15) is 0 Å². The van der Waals surface area contributed by atoms with E-state index >= 15 is 0 Å². The van der Waals surface area contributed by atoms with Crippen molar-refractivity contribution in [1.29, 1.82) is 0 Å². The van der Waals surface area contributed by atoms with Crippen LogP contribution in [0.3, 0.4) is 0 Å². The summed E-state index contributed by atoms with van der Waals surface area (Å²) in [7, 11) is 0. The number of benzene rings is 2. The Balaban J connectivity index is 2.11. The molecule has 0 amide bonds. The molecule has 0 spiro atoms. The summed E-state index contributed by atoms with van der Waals surface area (Å²) in [6.07, 6.45) is 2.10. The highest BCUT2D eigenvalue weighted by Gasteiger charge is 2.14. The zero-order valence-electron chi connectivity index (χ0n) is 12.3. The van der Waals surface area contributed by atoms with Crippen molar-refractivity contribution in [3.63, 3.8) is 0 Å². The number of nitrogens with one attached hydrogen (secondary N) is 1. The molecule has 0 saturated carbocycles. The lowest BCUT2D eigenvalue weighted by molar-refractivity contribution is 0.482. The van der Waals surface area contributed by atoms with Crippen LogP contribution in [0.15, 0.2) is 48.5 Å². The van der Waals surface area contributed by atoms with E-state index in [0.717, 1.165) is 13.0 Å². The Kier molecular flexibility index (Phi) is 5.88. The minimum atomic E-state index is -0.200. The maximum atomic E-state index is 13.8. The summed E-state index contributed by atoms with van der Waals surface area (Å²) in [5.74, 6) is -0.399. The smallest absolute Gasteiger partial charge is 0.126 e. The predicted molar refractivity (Wildman–Crippen MR) is 82.3 cm³/mol. The third kappa shape index (κ3) is 4.64. The molecule has 21 heavy (non-hydrogen) atoms. The highest BCUT2D eigenvalue weighted by atomic mass is 19.1. The van der Waals surface area contributed by atoms with Crippen molar-refractivity contribution in [1.82, 2.24) is 5.32 Å². The molecule has 2 aromatic rings. The molecular formula is C18H21F2N. The fourth-order valence-corrected chi connectivity index (χ4v) is 2.42. The van der Waals surface area contributed by atoms with Crippen LogP contribution in [-0.2, 0) is 12.8 Å². The highest BCUT2D eigenvalue weighted by Crippen LogP contribution is 2.14. The molecule has 0 aromatic heterocycles. The molecule has 0 aliphatic carbocycles. The van der Waals surface area contributed by atoms with Crippen LogP contribution in [0.5, 0.6) is 0 Å². The number of hydrogen-bond acceptors (Lipinski definition) is 1. The Bertz CT molecular complexity index is 521. The summed E-state index contributed by atoms with van der Waals surface area (Å²) < 4.78 is 27.6. The standard InChI is InChI=1S/C18H21F2N/c1-2-11-21-16(12-14-7-3-5-9-17(14)19)13-15-8-4-6-10-18(15)20/h3-10,16,21H,2,11-13H2,1H3. The van der Waals surface area contributed by atoms with Gasteiger partial charge < -0.3 is 5.32 Å². The first-order chi connectivity index (χ1) is 10.2. The summed E-state index contributed by atoms with van der Waals surface area (Å²) in [6.45, 7) is 2.92. The largest absolute Gasteiger partial charge is 0.313 e. The van der Waals surface area contributed by atoms with Crippen molar-refractivity contribution in [3.8, 4) is 0 Å². The lowest BCUT2D eigenvalue weighted by Gasteiger charge is -2.19. The molecular weight excluding hydrogens is 268 g/mol. The average Bonchev–Trinajstić information content (AvgIpc) is 2.49. The van der Waals surface area contributed by atoms with Crippen molar-refractivity contribution in [2.75, 3.05) is 6.54 Å². The predicted octanol–water partition coefficient (Wildman–Crippen LogP) is 4.12. The van der Waals surface area contributed by atoms with E-state index in [1.807, 2.05) is 12.1 Å². The van der Waals surface area contributed by atoms with E-state index in [0.29, 0.717) is 24.0 Å². The minimum absolute atomic E-state index is 0.0266. The first-order valence-electron chi connectivity index (χ1n) is 7.41. The summed E-state index contributed by atoms with van der Waals surface area (Å²) >= 11 is 0. The van der Waals surface area contributed by atoms with Gasteiger partial charge in [0.25, 0.3) is 0 Å². The Labute approximate surface area is 125 Å². The fraction of sp³-hybridized carbons (Fsp3) is 0.333. The fourth-order valence-electron chi connectivity index (χ4n) is 2.42. The monoisotopic (exact) mass is 289 g/mol. The zero-order chi connectivity index (χ0) is 15.1. The van der Waals surface area contributed by atoms with Crippen LogP contribution in [-0.4, -0.2) is 12.6 Å². The molecule has 0 heterocycles. The number of rotatable bonds is 7. The van der Waals surface area contributed by atoms with Gasteiger partial charge in [0.15, 0.2) is 0 Å². The van der Waals surface area contributed by atoms with Gasteiger partial charge in [-0.25, -0.2) is 8.78 Å². The van der Waals surface area contributed by atoms with E-state index in [9.17, 15) is 8.78 Å². The average molecular weight is 289 g/mol. The lowest BCUT2D eigenvalue weighted by atomic mass is 9.98. The third-order valence-electron chi connectivity index (χ3n) is 3.53. The molecule has 0 bridgehead atoms. The molecule has 0 aliphatic rings. The second kappa shape index (κ2) is 7.89. The summed E-state index contributed by atoms with van der Waals surface area (Å²) in [4.78, 5) is 0. The van der Waals surface area contributed by atoms with E-state index in [1.165, 1.54) is 12.1 Å². The third-order valence-corrected chi connectivity index (χ3v) is 3.53. The lowest BCUT2D eigenvalue weighted by Crippen LogP contribution is -2.34. The van der Waals surface area contributed by atoms with Crippen molar-refractivity contribution >= 4 is 0 Å². The van der Waals surface area contributed by atoms with Crippen LogP contribution < -0.4 is 5.32 Å². The van der Waals surface area contributed by atoms with Crippen LogP contribution in [0.25, 0.3) is 0 Å². The van der Waals surface area contributed by atoms with Crippen molar-refractivity contribution < 1.29 is 8.78 Å². The van der Waals surface area contributed by atoms with Gasteiger partial charge in [-0.15, -0.1) is 0 Å². The second-order valence-corrected chi connectivity index (χ2v) is 5.24. The maximum absolute atomic E-state index is 13.8. The minimum Gasteiger partial charge on any atom is -0.313 e. The van der Waals surface area contributed by atoms with Gasteiger partial charge in [0, 0.05) is 6.04 Å². The van der Waals surface area contributed by atoms with Crippen LogP contribution in [0.1, 0.15) is 24.5 Å². The van der Waals surface area contributed by atoms with Gasteiger partial charge in [0.1, 0.15) is 11.6 Å². The van der Waals surface area contributed by atoms with E-state index in [1.54, 1.807) is 24.3 Å². The molecule has 1 nitrogen and oxygen atoms in total. The Morgan fingerprint density at radius 3 is 1.76 bits per heavy atom. The molecule has 2 rings (SSSR count). The van der Waals surface area contributed by atoms with E-state index in [2.05, 4.69) is 12.2 Å². The van der Waals surface area contributed by atoms with E-state index < -0.39 is 0 Å². The molecule has 0 aliphatic heterocycles. The zero-order valence-corrected chi connectivity index (χ0v) is 12.3. The van der Waals surface area contributed by atoms with Crippen LogP contribution >= 0.6 is 0 Å². The van der Waals surface area contributed by atoms with Crippen molar-refractivity contribution in [2.24, 2.45) is 0 Å². The molecule has 0 unspecified atom stereocenters. The van der Waals surface area contributed by atoms with Crippen LogP contribution in [0.2, 0.25) is 0 Å². The van der Waals surface area contributed by atoms with Gasteiger partial charge in [-0.3, -0.25) is 0 Å². The van der Waals surface area contributed by atoms with Gasteiger partial charge in [0.2, 0.25) is 0 Å². The highest BCUT2D eigenvalue weighted by molar-refractivity contribution is 5.22. The van der Waals surface area contributed by atoms with Gasteiger partial charge >= 0.3 is 0 Å². The molecule has 3 heteroatoms. The summed E-state index contributed by atoms with van der Waals surface area (Å²) in [6, 6.07) is 13.6. The first kappa shape index (κ1) is 15.6. The molecule has 1 N–H and O–H groups in total. The Morgan fingerprint density at radius 1 is 0.857 bits per heavy atom. The maximum Gasteiger partial charge on any atom is 0.126 e. The van der Waals surface area contributed by atoms with Crippen molar-refractivity contribution in [3.05, 3.63) is 71.3 Å². The van der Waals surface area contributed by atoms with Crippen molar-refractivity contribution in [2.45, 2.75) is 32.2 Å². The quantitative estimate of drug-likeness (QED) is 0.808. The summed E-state index contributed by atoms with van der Waals surface area (Å²) in [5.41, 5.74) is 1.34. The molecule has 2 aromatic carbocycles. The Hall–Kier alpha value is -1.74.